The molecule has 33 heavy (non-hydrogen) atoms. The molecule has 166 valence electrons. The van der Waals surface area contributed by atoms with Crippen molar-refractivity contribution in [1.29, 1.82) is 0 Å². The maximum atomic E-state index is 13.4. The van der Waals surface area contributed by atoms with E-state index >= 15 is 0 Å². The molecule has 0 saturated carbocycles. The standard InChI is InChI=1S/C24H16F3N3O3/c25-17-11-13(12-18(26)21(17)27)28-20(31)9-10-29-22-14-5-1-2-6-15(14)24(33)30(22)19-8-4-3-7-16(19)23(29)32/h1-8,11-12,22H,9-10H2,(H,28,31)/t22-/m1/s1. The third-order valence-electron chi connectivity index (χ3n) is 5.73. The van der Waals surface area contributed by atoms with Gasteiger partial charge in [0, 0.05) is 41.9 Å². The smallest absolute Gasteiger partial charge is 0.260 e. The van der Waals surface area contributed by atoms with Crippen LogP contribution < -0.4 is 10.2 Å². The number of benzene rings is 3. The van der Waals surface area contributed by atoms with E-state index in [-0.39, 0.29) is 30.5 Å². The Labute approximate surface area is 186 Å². The lowest BCUT2D eigenvalue weighted by atomic mass is 10.0. The van der Waals surface area contributed by atoms with Crippen LogP contribution in [0.15, 0.2) is 60.7 Å². The number of hydrogen-bond donors (Lipinski definition) is 1. The van der Waals surface area contributed by atoms with Crippen LogP contribution in [0, 0.1) is 17.5 Å². The Morgan fingerprint density at radius 2 is 1.52 bits per heavy atom. The molecule has 5 rings (SSSR count). The second-order valence-electron chi connectivity index (χ2n) is 7.70. The second kappa shape index (κ2) is 7.77. The number of halogens is 3. The van der Waals surface area contributed by atoms with Crippen molar-refractivity contribution in [3.63, 3.8) is 0 Å². The highest BCUT2D eigenvalue weighted by Crippen LogP contribution is 2.45. The molecule has 2 aliphatic rings. The normalized spacial score (nSPS) is 16.4. The Balaban J connectivity index is 1.42. The van der Waals surface area contributed by atoms with Crippen LogP contribution in [0.2, 0.25) is 0 Å². The predicted octanol–water partition coefficient (Wildman–Crippen LogP) is 4.25. The first kappa shape index (κ1) is 20.7. The molecule has 1 N–H and O–H groups in total. The van der Waals surface area contributed by atoms with Gasteiger partial charge in [-0.1, -0.05) is 30.3 Å². The lowest BCUT2D eigenvalue weighted by Gasteiger charge is -2.40. The minimum atomic E-state index is -1.63. The number of amides is 3. The van der Waals surface area contributed by atoms with Crippen molar-refractivity contribution in [3.05, 3.63) is 94.8 Å². The topological polar surface area (TPSA) is 69.7 Å². The zero-order valence-corrected chi connectivity index (χ0v) is 17.0. The molecule has 0 unspecified atom stereocenters. The van der Waals surface area contributed by atoms with Crippen molar-refractivity contribution >= 4 is 29.1 Å². The number of para-hydroxylation sites is 1. The Morgan fingerprint density at radius 3 is 2.24 bits per heavy atom. The van der Waals surface area contributed by atoms with Gasteiger partial charge in [0.2, 0.25) is 5.91 Å². The van der Waals surface area contributed by atoms with E-state index in [1.165, 1.54) is 9.80 Å². The highest BCUT2D eigenvalue weighted by atomic mass is 19.2. The lowest BCUT2D eigenvalue weighted by Crippen LogP contribution is -2.49. The first-order valence-electron chi connectivity index (χ1n) is 10.1. The molecule has 2 aliphatic heterocycles. The minimum Gasteiger partial charge on any atom is -0.326 e. The average Bonchev–Trinajstić information content (AvgIpc) is 3.10. The van der Waals surface area contributed by atoms with E-state index in [9.17, 15) is 27.6 Å². The Kier molecular flexibility index (Phi) is 4.88. The number of rotatable bonds is 4. The van der Waals surface area contributed by atoms with Gasteiger partial charge in [-0.25, -0.2) is 13.2 Å². The monoisotopic (exact) mass is 451 g/mol. The van der Waals surface area contributed by atoms with Crippen LogP contribution in [0.1, 0.15) is 38.9 Å². The van der Waals surface area contributed by atoms with Gasteiger partial charge < -0.3 is 10.2 Å². The van der Waals surface area contributed by atoms with Gasteiger partial charge in [-0.05, 0) is 18.2 Å². The number of hydrogen-bond acceptors (Lipinski definition) is 3. The van der Waals surface area contributed by atoms with Crippen molar-refractivity contribution < 1.29 is 27.6 Å². The molecule has 0 spiro atoms. The molecule has 3 aromatic carbocycles. The van der Waals surface area contributed by atoms with Crippen molar-refractivity contribution in [2.45, 2.75) is 12.6 Å². The van der Waals surface area contributed by atoms with E-state index in [1.807, 2.05) is 0 Å². The highest BCUT2D eigenvalue weighted by molar-refractivity contribution is 6.16. The molecule has 3 amide bonds. The number of nitrogens with zero attached hydrogens (tertiary/aromatic N) is 2. The minimum absolute atomic E-state index is 0.0616. The third kappa shape index (κ3) is 3.32. The molecule has 2 heterocycles. The number of nitrogens with one attached hydrogen (secondary N) is 1. The van der Waals surface area contributed by atoms with Crippen LogP contribution in [-0.2, 0) is 4.79 Å². The molecule has 6 nitrogen and oxygen atoms in total. The van der Waals surface area contributed by atoms with Gasteiger partial charge in [0.15, 0.2) is 17.5 Å². The summed E-state index contributed by atoms with van der Waals surface area (Å²) in [5, 5.41) is 2.31. The molecule has 0 saturated heterocycles. The van der Waals surface area contributed by atoms with Crippen LogP contribution in [0.25, 0.3) is 0 Å². The predicted molar refractivity (Wildman–Crippen MR) is 113 cm³/mol. The van der Waals surface area contributed by atoms with Gasteiger partial charge in [-0.3, -0.25) is 19.3 Å². The average molecular weight is 451 g/mol. The van der Waals surface area contributed by atoms with Gasteiger partial charge in [0.05, 0.1) is 11.3 Å². The zero-order valence-electron chi connectivity index (χ0n) is 17.0. The van der Waals surface area contributed by atoms with Crippen molar-refractivity contribution in [1.82, 2.24) is 4.90 Å². The summed E-state index contributed by atoms with van der Waals surface area (Å²) in [6, 6.07) is 15.0. The Hall–Kier alpha value is -4.14. The fourth-order valence-corrected chi connectivity index (χ4v) is 4.27. The number of fused-ring (bicyclic) bond motifs is 5. The van der Waals surface area contributed by atoms with Crippen molar-refractivity contribution in [2.24, 2.45) is 0 Å². The maximum Gasteiger partial charge on any atom is 0.260 e. The van der Waals surface area contributed by atoms with Crippen LogP contribution in [0.4, 0.5) is 24.5 Å². The number of carbonyl (C=O) groups excluding carboxylic acids is 3. The van der Waals surface area contributed by atoms with Crippen LogP contribution in [0.5, 0.6) is 0 Å². The summed E-state index contributed by atoms with van der Waals surface area (Å²) in [4.78, 5) is 41.8. The summed E-state index contributed by atoms with van der Waals surface area (Å²) in [6.45, 7) is -0.0616. The Morgan fingerprint density at radius 1 is 0.879 bits per heavy atom. The number of anilines is 2. The molecule has 0 aromatic heterocycles. The van der Waals surface area contributed by atoms with Gasteiger partial charge in [0.25, 0.3) is 11.8 Å². The maximum absolute atomic E-state index is 13.4. The summed E-state index contributed by atoms with van der Waals surface area (Å²) in [6.07, 6.45) is -0.931. The molecule has 0 aliphatic carbocycles. The van der Waals surface area contributed by atoms with Gasteiger partial charge in [0.1, 0.15) is 6.17 Å². The van der Waals surface area contributed by atoms with Gasteiger partial charge >= 0.3 is 0 Å². The molecule has 0 radical (unpaired) electrons. The fourth-order valence-electron chi connectivity index (χ4n) is 4.27. The van der Waals surface area contributed by atoms with E-state index in [0.29, 0.717) is 34.5 Å². The molecule has 9 heteroatoms. The summed E-state index contributed by atoms with van der Waals surface area (Å²) < 4.78 is 40.0. The first-order valence-corrected chi connectivity index (χ1v) is 10.1. The SMILES string of the molecule is O=C(CCN1C(=O)c2ccccc2N2C(=O)c3ccccc3[C@H]12)Nc1cc(F)c(F)c(F)c1. The van der Waals surface area contributed by atoms with Crippen LogP contribution in [0.3, 0.4) is 0 Å². The Bertz CT molecular complexity index is 1300. The summed E-state index contributed by atoms with van der Waals surface area (Å²) in [5.74, 6) is -5.70. The summed E-state index contributed by atoms with van der Waals surface area (Å²) in [7, 11) is 0. The van der Waals surface area contributed by atoms with E-state index in [0.717, 1.165) is 0 Å². The van der Waals surface area contributed by atoms with Gasteiger partial charge in [-0.2, -0.15) is 0 Å². The molecular weight excluding hydrogens is 435 g/mol. The fraction of sp³-hybridized carbons (Fsp3) is 0.125. The quantitative estimate of drug-likeness (QED) is 0.603. The highest BCUT2D eigenvalue weighted by Gasteiger charge is 2.47. The van der Waals surface area contributed by atoms with Crippen molar-refractivity contribution in [3.8, 4) is 0 Å². The molecule has 1 atom stereocenters. The first-order chi connectivity index (χ1) is 15.9. The largest absolute Gasteiger partial charge is 0.326 e. The molecule has 3 aromatic rings. The van der Waals surface area contributed by atoms with Crippen molar-refractivity contribution in [2.75, 3.05) is 16.8 Å². The number of carbonyl (C=O) groups is 3. The van der Waals surface area contributed by atoms with E-state index < -0.39 is 29.5 Å². The molecule has 0 bridgehead atoms. The van der Waals surface area contributed by atoms with Crippen LogP contribution >= 0.6 is 0 Å². The lowest BCUT2D eigenvalue weighted by molar-refractivity contribution is -0.116. The zero-order chi connectivity index (χ0) is 23.3. The van der Waals surface area contributed by atoms with Gasteiger partial charge in [-0.15, -0.1) is 0 Å². The van der Waals surface area contributed by atoms with E-state index in [2.05, 4.69) is 5.32 Å². The summed E-state index contributed by atoms with van der Waals surface area (Å²) >= 11 is 0. The molecular formula is C24H16F3N3O3. The second-order valence-corrected chi connectivity index (χ2v) is 7.70. The summed E-state index contributed by atoms with van der Waals surface area (Å²) in [5.41, 5.74) is 1.70. The third-order valence-corrected chi connectivity index (χ3v) is 5.73. The molecule has 0 fully saturated rings. The van der Waals surface area contributed by atoms with E-state index in [4.69, 9.17) is 0 Å². The van der Waals surface area contributed by atoms with Crippen LogP contribution in [-0.4, -0.2) is 29.2 Å². The van der Waals surface area contributed by atoms with E-state index in [1.54, 1.807) is 48.5 Å².